The largest absolute Gasteiger partial charge is 0.480 e. The number of hydrogen-bond acceptors (Lipinski definition) is 4. The molecular weight excluding hydrogens is 294 g/mol. The van der Waals surface area contributed by atoms with Crippen LogP contribution in [0.3, 0.4) is 0 Å². The number of carboxylic acids is 1. The average molecular weight is 312 g/mol. The molecule has 7 heteroatoms. The lowest BCUT2D eigenvalue weighted by molar-refractivity contribution is -0.145. The van der Waals surface area contributed by atoms with Crippen molar-refractivity contribution in [2.24, 2.45) is 0 Å². The number of piperazine rings is 1. The number of carbonyl (C=O) groups excluding carboxylic acids is 1. The Balaban J connectivity index is 1.98. The van der Waals surface area contributed by atoms with Crippen molar-refractivity contribution < 1.29 is 14.7 Å². The normalized spacial score (nSPS) is 17.2. The maximum atomic E-state index is 12.0. The molecular formula is C14H18ClN3O3. The maximum Gasteiger partial charge on any atom is 0.321 e. The van der Waals surface area contributed by atoms with Gasteiger partial charge in [0.15, 0.2) is 0 Å². The Bertz CT molecular complexity index is 518. The zero-order valence-electron chi connectivity index (χ0n) is 11.5. The molecule has 0 spiro atoms. The van der Waals surface area contributed by atoms with Gasteiger partial charge >= 0.3 is 5.97 Å². The molecule has 1 fully saturated rings. The first-order valence-electron chi connectivity index (χ1n) is 6.80. The number of carboxylic acid groups (broad SMARTS) is 1. The summed E-state index contributed by atoms with van der Waals surface area (Å²) in [6.07, 6.45) is -0.0967. The number of nitrogens with zero attached hydrogens (tertiary/aromatic N) is 1. The topological polar surface area (TPSA) is 81.7 Å². The van der Waals surface area contributed by atoms with E-state index in [0.717, 1.165) is 13.1 Å². The fourth-order valence-electron chi connectivity index (χ4n) is 2.31. The molecule has 0 bridgehead atoms. The molecule has 1 amide bonds. The van der Waals surface area contributed by atoms with Crippen LogP contribution in [0.15, 0.2) is 24.3 Å². The minimum Gasteiger partial charge on any atom is -0.480 e. The number of nitrogens with one attached hydrogen (secondary N) is 2. The predicted molar refractivity (Wildman–Crippen MR) is 80.6 cm³/mol. The van der Waals surface area contributed by atoms with Crippen molar-refractivity contribution in [2.45, 2.75) is 12.5 Å². The van der Waals surface area contributed by atoms with E-state index < -0.39 is 12.0 Å². The Hall–Kier alpha value is -1.63. The highest BCUT2D eigenvalue weighted by Gasteiger charge is 2.29. The van der Waals surface area contributed by atoms with Crippen molar-refractivity contribution in [1.82, 2.24) is 10.2 Å². The maximum absolute atomic E-state index is 12.0. The van der Waals surface area contributed by atoms with Gasteiger partial charge in [0, 0.05) is 26.2 Å². The molecule has 0 aromatic heterocycles. The van der Waals surface area contributed by atoms with Crippen LogP contribution in [0.4, 0.5) is 5.69 Å². The van der Waals surface area contributed by atoms with E-state index in [4.69, 9.17) is 11.6 Å². The molecule has 1 unspecified atom stereocenters. The number of halogens is 1. The minimum atomic E-state index is -0.980. The van der Waals surface area contributed by atoms with E-state index in [9.17, 15) is 14.7 Å². The van der Waals surface area contributed by atoms with Crippen molar-refractivity contribution in [2.75, 3.05) is 31.5 Å². The van der Waals surface area contributed by atoms with Crippen molar-refractivity contribution in [1.29, 1.82) is 0 Å². The van der Waals surface area contributed by atoms with Gasteiger partial charge in [-0.1, -0.05) is 23.7 Å². The molecule has 6 nitrogen and oxygen atoms in total. The fraction of sp³-hybridized carbons (Fsp3) is 0.429. The monoisotopic (exact) mass is 311 g/mol. The number of anilines is 1. The van der Waals surface area contributed by atoms with Crippen LogP contribution in [0.1, 0.15) is 6.42 Å². The lowest BCUT2D eigenvalue weighted by Gasteiger charge is -2.32. The second-order valence-corrected chi connectivity index (χ2v) is 5.28. The molecule has 2 rings (SSSR count). The van der Waals surface area contributed by atoms with Crippen LogP contribution >= 0.6 is 11.6 Å². The van der Waals surface area contributed by atoms with E-state index in [1.165, 1.54) is 0 Å². The van der Waals surface area contributed by atoms with Crippen molar-refractivity contribution in [3.05, 3.63) is 29.3 Å². The molecule has 0 saturated carbocycles. The summed E-state index contributed by atoms with van der Waals surface area (Å²) in [6.45, 7) is 2.71. The highest BCUT2D eigenvalue weighted by Crippen LogP contribution is 2.21. The number of amides is 1. The zero-order valence-corrected chi connectivity index (χ0v) is 12.3. The van der Waals surface area contributed by atoms with E-state index >= 15 is 0 Å². The molecule has 1 aromatic carbocycles. The fourth-order valence-corrected chi connectivity index (χ4v) is 2.49. The van der Waals surface area contributed by atoms with Crippen molar-refractivity contribution >= 4 is 29.2 Å². The second-order valence-electron chi connectivity index (χ2n) is 4.87. The van der Waals surface area contributed by atoms with E-state index in [1.54, 1.807) is 24.3 Å². The SMILES string of the molecule is O=C(CC(C(=O)O)N1CCNCC1)Nc1ccccc1Cl. The van der Waals surface area contributed by atoms with Crippen LogP contribution in [-0.4, -0.2) is 54.1 Å². The summed E-state index contributed by atoms with van der Waals surface area (Å²) in [7, 11) is 0. The third-order valence-corrected chi connectivity index (χ3v) is 3.73. The number of para-hydroxylation sites is 1. The van der Waals surface area contributed by atoms with Gasteiger partial charge in [0.1, 0.15) is 6.04 Å². The second kappa shape index (κ2) is 7.40. The van der Waals surface area contributed by atoms with Gasteiger partial charge < -0.3 is 15.7 Å². The number of rotatable bonds is 5. The van der Waals surface area contributed by atoms with Crippen LogP contribution in [0, 0.1) is 0 Å². The van der Waals surface area contributed by atoms with E-state index in [2.05, 4.69) is 10.6 Å². The van der Waals surface area contributed by atoms with Crippen LogP contribution in [0.2, 0.25) is 5.02 Å². The van der Waals surface area contributed by atoms with E-state index in [1.807, 2.05) is 4.90 Å². The molecule has 1 atom stereocenters. The van der Waals surface area contributed by atoms with Gasteiger partial charge in [0.05, 0.1) is 17.1 Å². The highest BCUT2D eigenvalue weighted by atomic mass is 35.5. The van der Waals surface area contributed by atoms with Gasteiger partial charge in [0.25, 0.3) is 0 Å². The molecule has 1 aromatic rings. The van der Waals surface area contributed by atoms with Gasteiger partial charge in [-0.05, 0) is 12.1 Å². The molecule has 1 aliphatic heterocycles. The first kappa shape index (κ1) is 15.8. The minimum absolute atomic E-state index is 0.0967. The molecule has 114 valence electrons. The van der Waals surface area contributed by atoms with Gasteiger partial charge in [-0.3, -0.25) is 14.5 Å². The highest BCUT2D eigenvalue weighted by molar-refractivity contribution is 6.33. The Morgan fingerprint density at radius 3 is 2.62 bits per heavy atom. The summed E-state index contributed by atoms with van der Waals surface area (Å²) in [6, 6.07) is 6.06. The molecule has 3 N–H and O–H groups in total. The number of aliphatic carboxylic acids is 1. The Morgan fingerprint density at radius 1 is 1.33 bits per heavy atom. The van der Waals surface area contributed by atoms with Gasteiger partial charge in [-0.2, -0.15) is 0 Å². The van der Waals surface area contributed by atoms with Crippen molar-refractivity contribution in [3.63, 3.8) is 0 Å². The summed E-state index contributed by atoms with van der Waals surface area (Å²) < 4.78 is 0. The standard InChI is InChI=1S/C14H18ClN3O3/c15-10-3-1-2-4-11(10)17-13(19)9-12(14(20)21)18-7-5-16-6-8-18/h1-4,12,16H,5-9H2,(H,17,19)(H,20,21). The van der Waals surface area contributed by atoms with Gasteiger partial charge in [-0.25, -0.2) is 0 Å². The van der Waals surface area contributed by atoms with E-state index in [0.29, 0.717) is 23.8 Å². The summed E-state index contributed by atoms with van der Waals surface area (Å²) >= 11 is 5.97. The lowest BCUT2D eigenvalue weighted by atomic mass is 10.1. The smallest absolute Gasteiger partial charge is 0.321 e. The summed E-state index contributed by atoms with van der Waals surface area (Å²) in [5, 5.41) is 15.6. The first-order valence-corrected chi connectivity index (χ1v) is 7.17. The van der Waals surface area contributed by atoms with E-state index in [-0.39, 0.29) is 12.3 Å². The third kappa shape index (κ3) is 4.42. The summed E-state index contributed by atoms with van der Waals surface area (Å²) in [5.41, 5.74) is 0.494. The predicted octanol–water partition coefficient (Wildman–Crippen LogP) is 1.03. The first-order chi connectivity index (χ1) is 10.1. The molecule has 1 aliphatic rings. The molecule has 0 radical (unpaired) electrons. The van der Waals surface area contributed by atoms with Gasteiger partial charge in [0.2, 0.25) is 5.91 Å². The lowest BCUT2D eigenvalue weighted by Crippen LogP contribution is -2.52. The molecule has 0 aliphatic carbocycles. The van der Waals surface area contributed by atoms with Crippen molar-refractivity contribution in [3.8, 4) is 0 Å². The number of benzene rings is 1. The average Bonchev–Trinajstić information content (AvgIpc) is 2.48. The number of carbonyl (C=O) groups is 2. The van der Waals surface area contributed by atoms with Crippen LogP contribution in [0.5, 0.6) is 0 Å². The van der Waals surface area contributed by atoms with Crippen LogP contribution in [-0.2, 0) is 9.59 Å². The molecule has 1 saturated heterocycles. The van der Waals surface area contributed by atoms with Crippen LogP contribution < -0.4 is 10.6 Å². The quantitative estimate of drug-likeness (QED) is 0.756. The Labute approximate surface area is 128 Å². The summed E-state index contributed by atoms with van der Waals surface area (Å²) in [5.74, 6) is -1.33. The van der Waals surface area contributed by atoms with Gasteiger partial charge in [-0.15, -0.1) is 0 Å². The zero-order chi connectivity index (χ0) is 15.2. The Kier molecular flexibility index (Phi) is 5.55. The number of hydrogen-bond donors (Lipinski definition) is 3. The molecule has 1 heterocycles. The Morgan fingerprint density at radius 2 is 2.00 bits per heavy atom. The third-order valence-electron chi connectivity index (χ3n) is 3.40. The molecule has 21 heavy (non-hydrogen) atoms. The van der Waals surface area contributed by atoms with Crippen LogP contribution in [0.25, 0.3) is 0 Å². The summed E-state index contributed by atoms with van der Waals surface area (Å²) in [4.78, 5) is 25.2.